The number of ether oxygens (including phenoxy) is 1. The summed E-state index contributed by atoms with van der Waals surface area (Å²) in [6.07, 6.45) is 0.152. The van der Waals surface area contributed by atoms with Gasteiger partial charge in [-0.15, -0.1) is 0 Å². The Hall–Kier alpha value is -1.26. The summed E-state index contributed by atoms with van der Waals surface area (Å²) in [5.74, 6) is 5.36. The number of amides is 1. The number of halogens is 1. The van der Waals surface area contributed by atoms with E-state index in [1.165, 1.54) is 0 Å². The topological polar surface area (TPSA) is 64.3 Å². The number of nitrogens with one attached hydrogen (secondary N) is 1. The van der Waals surface area contributed by atoms with E-state index >= 15 is 0 Å². The van der Waals surface area contributed by atoms with Crippen LogP contribution in [0.4, 0.5) is 0 Å². The second-order valence-corrected chi connectivity index (χ2v) is 3.56. The van der Waals surface area contributed by atoms with Crippen molar-refractivity contribution in [3.63, 3.8) is 0 Å². The standard InChI is InChI=1S/C10H13ClN2O2/c1-6-3-9(15-2)7(4-8(6)11)5-10(14)13-12/h3-4H,5,12H2,1-2H3,(H,13,14). The molecule has 15 heavy (non-hydrogen) atoms. The number of carbonyl (C=O) groups excluding carboxylic acids is 1. The molecule has 0 aromatic heterocycles. The van der Waals surface area contributed by atoms with Gasteiger partial charge in [-0.3, -0.25) is 10.2 Å². The summed E-state index contributed by atoms with van der Waals surface area (Å²) in [7, 11) is 1.55. The van der Waals surface area contributed by atoms with Crippen molar-refractivity contribution in [1.82, 2.24) is 5.43 Å². The molecule has 82 valence electrons. The van der Waals surface area contributed by atoms with Gasteiger partial charge in [0.25, 0.3) is 0 Å². The van der Waals surface area contributed by atoms with E-state index in [1.54, 1.807) is 19.2 Å². The zero-order chi connectivity index (χ0) is 11.4. The van der Waals surface area contributed by atoms with Gasteiger partial charge in [0.15, 0.2) is 0 Å². The van der Waals surface area contributed by atoms with E-state index in [-0.39, 0.29) is 12.3 Å². The fourth-order valence-electron chi connectivity index (χ4n) is 1.25. The highest BCUT2D eigenvalue weighted by atomic mass is 35.5. The Morgan fingerprint density at radius 3 is 2.80 bits per heavy atom. The van der Waals surface area contributed by atoms with E-state index in [0.29, 0.717) is 10.8 Å². The lowest BCUT2D eigenvalue weighted by Crippen LogP contribution is -2.31. The first-order valence-corrected chi connectivity index (χ1v) is 4.78. The SMILES string of the molecule is COc1cc(C)c(Cl)cc1CC(=O)NN. The van der Waals surface area contributed by atoms with Gasteiger partial charge >= 0.3 is 0 Å². The molecule has 0 bridgehead atoms. The Morgan fingerprint density at radius 2 is 2.27 bits per heavy atom. The van der Waals surface area contributed by atoms with Crippen molar-refractivity contribution >= 4 is 17.5 Å². The Morgan fingerprint density at radius 1 is 1.60 bits per heavy atom. The molecule has 1 amide bonds. The molecule has 0 aliphatic heterocycles. The lowest BCUT2D eigenvalue weighted by Gasteiger charge is -2.10. The number of benzene rings is 1. The lowest BCUT2D eigenvalue weighted by atomic mass is 10.1. The van der Waals surface area contributed by atoms with Crippen molar-refractivity contribution in [3.8, 4) is 5.75 Å². The molecule has 0 spiro atoms. The molecule has 0 saturated heterocycles. The van der Waals surface area contributed by atoms with Crippen LogP contribution >= 0.6 is 11.6 Å². The Labute approximate surface area is 93.3 Å². The zero-order valence-corrected chi connectivity index (χ0v) is 9.39. The summed E-state index contributed by atoms with van der Waals surface area (Å²) in [6, 6.07) is 3.51. The third-order valence-electron chi connectivity index (χ3n) is 2.07. The molecule has 1 rings (SSSR count). The minimum Gasteiger partial charge on any atom is -0.496 e. The molecule has 0 heterocycles. The fourth-order valence-corrected chi connectivity index (χ4v) is 1.43. The molecule has 0 unspecified atom stereocenters. The van der Waals surface area contributed by atoms with Crippen LogP contribution in [0.3, 0.4) is 0 Å². The van der Waals surface area contributed by atoms with Crippen LogP contribution in [0.5, 0.6) is 5.75 Å². The van der Waals surface area contributed by atoms with Gasteiger partial charge in [-0.2, -0.15) is 0 Å². The van der Waals surface area contributed by atoms with Gasteiger partial charge in [0, 0.05) is 10.6 Å². The van der Waals surface area contributed by atoms with E-state index in [4.69, 9.17) is 22.2 Å². The minimum absolute atomic E-state index is 0.152. The minimum atomic E-state index is -0.284. The predicted molar refractivity (Wildman–Crippen MR) is 58.8 cm³/mol. The first-order valence-electron chi connectivity index (χ1n) is 4.41. The highest BCUT2D eigenvalue weighted by Crippen LogP contribution is 2.26. The Balaban J connectivity index is 3.05. The van der Waals surface area contributed by atoms with E-state index < -0.39 is 0 Å². The maximum atomic E-state index is 11.1. The molecule has 4 nitrogen and oxygen atoms in total. The van der Waals surface area contributed by atoms with Gasteiger partial charge in [-0.05, 0) is 24.6 Å². The lowest BCUT2D eigenvalue weighted by molar-refractivity contribution is -0.120. The second-order valence-electron chi connectivity index (χ2n) is 3.16. The van der Waals surface area contributed by atoms with Crippen LogP contribution in [0.25, 0.3) is 0 Å². The van der Waals surface area contributed by atoms with E-state index in [2.05, 4.69) is 5.43 Å². The summed E-state index contributed by atoms with van der Waals surface area (Å²) in [5, 5.41) is 0.607. The third-order valence-corrected chi connectivity index (χ3v) is 2.48. The van der Waals surface area contributed by atoms with Crippen molar-refractivity contribution in [2.45, 2.75) is 13.3 Å². The van der Waals surface area contributed by atoms with Crippen molar-refractivity contribution in [2.75, 3.05) is 7.11 Å². The van der Waals surface area contributed by atoms with Gasteiger partial charge in [0.05, 0.1) is 13.5 Å². The summed E-state index contributed by atoms with van der Waals surface area (Å²) >= 11 is 5.95. The first-order chi connectivity index (χ1) is 7.08. The van der Waals surface area contributed by atoms with E-state index in [0.717, 1.165) is 11.1 Å². The molecule has 0 saturated carbocycles. The molecular formula is C10H13ClN2O2. The van der Waals surface area contributed by atoms with Crippen molar-refractivity contribution in [3.05, 3.63) is 28.3 Å². The zero-order valence-electron chi connectivity index (χ0n) is 8.63. The molecule has 0 aliphatic carbocycles. The van der Waals surface area contributed by atoms with Gasteiger partial charge < -0.3 is 4.74 Å². The number of nitrogens with two attached hydrogens (primary N) is 1. The molecule has 0 radical (unpaired) electrons. The summed E-state index contributed by atoms with van der Waals surface area (Å²) in [6.45, 7) is 1.87. The van der Waals surface area contributed by atoms with Crippen molar-refractivity contribution in [1.29, 1.82) is 0 Å². The normalized spacial score (nSPS) is 9.87. The van der Waals surface area contributed by atoms with Crippen LogP contribution in [-0.4, -0.2) is 13.0 Å². The molecule has 3 N–H and O–H groups in total. The largest absolute Gasteiger partial charge is 0.496 e. The van der Waals surface area contributed by atoms with E-state index in [9.17, 15) is 4.79 Å². The molecule has 0 fully saturated rings. The maximum absolute atomic E-state index is 11.1. The molecule has 1 aromatic rings. The number of hydrogen-bond donors (Lipinski definition) is 2. The van der Waals surface area contributed by atoms with Gasteiger partial charge in [-0.25, -0.2) is 5.84 Å². The first kappa shape index (κ1) is 11.8. The molecule has 1 aromatic carbocycles. The van der Waals surface area contributed by atoms with Crippen LogP contribution in [-0.2, 0) is 11.2 Å². The fraction of sp³-hybridized carbons (Fsp3) is 0.300. The monoisotopic (exact) mass is 228 g/mol. The summed E-state index contributed by atoms with van der Waals surface area (Å²) in [4.78, 5) is 11.1. The van der Waals surface area contributed by atoms with Gasteiger partial charge in [0.1, 0.15) is 5.75 Å². The highest BCUT2D eigenvalue weighted by Gasteiger charge is 2.10. The number of hydrogen-bond acceptors (Lipinski definition) is 3. The molecular weight excluding hydrogens is 216 g/mol. The Bertz CT molecular complexity index is 380. The van der Waals surface area contributed by atoms with Gasteiger partial charge in [0.2, 0.25) is 5.91 Å². The Kier molecular flexibility index (Phi) is 3.94. The molecule has 5 heteroatoms. The number of aryl methyl sites for hydroxylation is 1. The quantitative estimate of drug-likeness (QED) is 0.464. The van der Waals surface area contributed by atoms with Crippen molar-refractivity contribution in [2.24, 2.45) is 5.84 Å². The van der Waals surface area contributed by atoms with Crippen LogP contribution in [0.1, 0.15) is 11.1 Å². The second kappa shape index (κ2) is 5.00. The van der Waals surface area contributed by atoms with Gasteiger partial charge in [-0.1, -0.05) is 11.6 Å². The van der Waals surface area contributed by atoms with Crippen molar-refractivity contribution < 1.29 is 9.53 Å². The van der Waals surface area contributed by atoms with Crippen LogP contribution in [0.15, 0.2) is 12.1 Å². The summed E-state index contributed by atoms with van der Waals surface area (Å²) < 4.78 is 5.15. The van der Waals surface area contributed by atoms with Crippen LogP contribution < -0.4 is 16.0 Å². The number of hydrazine groups is 1. The van der Waals surface area contributed by atoms with Crippen LogP contribution in [0.2, 0.25) is 5.02 Å². The van der Waals surface area contributed by atoms with E-state index in [1.807, 2.05) is 6.92 Å². The average Bonchev–Trinajstić information content (AvgIpc) is 2.22. The molecule has 0 aliphatic rings. The third kappa shape index (κ3) is 2.84. The number of methoxy groups -OCH3 is 1. The average molecular weight is 229 g/mol. The van der Waals surface area contributed by atoms with Crippen LogP contribution in [0, 0.1) is 6.92 Å². The maximum Gasteiger partial charge on any atom is 0.238 e. The smallest absolute Gasteiger partial charge is 0.238 e. The summed E-state index contributed by atoms with van der Waals surface area (Å²) in [5.41, 5.74) is 3.69. The molecule has 0 atom stereocenters. The number of rotatable bonds is 3. The highest BCUT2D eigenvalue weighted by molar-refractivity contribution is 6.31. The number of carbonyl (C=O) groups is 1. The predicted octanol–water partition coefficient (Wildman–Crippen LogP) is 1.19.